The molecule has 34 heavy (non-hydrogen) atoms. The van der Waals surface area contributed by atoms with Crippen LogP contribution in [0.4, 0.5) is 4.79 Å². The summed E-state index contributed by atoms with van der Waals surface area (Å²) in [6.45, 7) is -0.477. The zero-order valence-corrected chi connectivity index (χ0v) is 19.0. The van der Waals surface area contributed by atoms with Crippen molar-refractivity contribution < 1.29 is 29.3 Å². The van der Waals surface area contributed by atoms with Crippen molar-refractivity contribution in [1.29, 1.82) is 0 Å². The van der Waals surface area contributed by atoms with Crippen LogP contribution in [0.5, 0.6) is 0 Å². The Morgan fingerprint density at radius 3 is 2.12 bits per heavy atom. The predicted octanol–water partition coefficient (Wildman–Crippen LogP) is 3.04. The van der Waals surface area contributed by atoms with E-state index in [0.29, 0.717) is 12.8 Å². The van der Waals surface area contributed by atoms with Crippen LogP contribution in [0, 0.1) is 5.41 Å². The van der Waals surface area contributed by atoms with Crippen LogP contribution in [0.2, 0.25) is 0 Å². The van der Waals surface area contributed by atoms with Crippen molar-refractivity contribution in [3.8, 4) is 11.1 Å². The van der Waals surface area contributed by atoms with Gasteiger partial charge in [-0.15, -0.1) is 0 Å². The molecule has 0 unspecified atom stereocenters. The van der Waals surface area contributed by atoms with Crippen molar-refractivity contribution in [2.24, 2.45) is 5.41 Å². The molecule has 0 saturated heterocycles. The van der Waals surface area contributed by atoms with Gasteiger partial charge in [-0.05, 0) is 35.1 Å². The number of rotatable bonds is 8. The highest BCUT2D eigenvalue weighted by molar-refractivity contribution is 5.88. The van der Waals surface area contributed by atoms with E-state index in [2.05, 4.69) is 22.8 Å². The molecule has 0 bridgehead atoms. The molecule has 2 aliphatic carbocycles. The molecule has 1 fully saturated rings. The first-order chi connectivity index (χ1) is 16.4. The van der Waals surface area contributed by atoms with E-state index in [4.69, 9.17) is 4.74 Å². The second kappa shape index (κ2) is 10.3. The van der Waals surface area contributed by atoms with Gasteiger partial charge < -0.3 is 25.6 Å². The number of carboxylic acids is 1. The van der Waals surface area contributed by atoms with Crippen LogP contribution >= 0.6 is 0 Å². The number of carboxylic acid groups (broad SMARTS) is 1. The van der Waals surface area contributed by atoms with Crippen LogP contribution in [0.25, 0.3) is 11.1 Å². The van der Waals surface area contributed by atoms with Gasteiger partial charge in [0.1, 0.15) is 12.6 Å². The van der Waals surface area contributed by atoms with Crippen LogP contribution < -0.4 is 10.6 Å². The van der Waals surface area contributed by atoms with Gasteiger partial charge in [0.2, 0.25) is 5.91 Å². The Morgan fingerprint density at radius 2 is 1.56 bits per heavy atom. The molecule has 1 saturated carbocycles. The number of hydrogen-bond donors (Lipinski definition) is 4. The largest absolute Gasteiger partial charge is 0.480 e. The molecule has 0 spiro atoms. The summed E-state index contributed by atoms with van der Waals surface area (Å²) >= 11 is 0. The second-order valence-corrected chi connectivity index (χ2v) is 9.07. The highest BCUT2D eigenvalue weighted by Gasteiger charge is 2.41. The lowest BCUT2D eigenvalue weighted by Crippen LogP contribution is -2.54. The quantitative estimate of drug-likeness (QED) is 0.474. The molecule has 2 aliphatic rings. The highest BCUT2D eigenvalue weighted by atomic mass is 16.5. The number of carbonyl (C=O) groups is 3. The third-order valence-corrected chi connectivity index (χ3v) is 6.99. The zero-order chi connectivity index (χ0) is 24.1. The fraction of sp³-hybridized carbons (Fsp3) is 0.423. The van der Waals surface area contributed by atoms with Crippen LogP contribution in [0.1, 0.15) is 49.1 Å². The van der Waals surface area contributed by atoms with Gasteiger partial charge >= 0.3 is 12.1 Å². The molecule has 1 atom stereocenters. The zero-order valence-electron chi connectivity index (χ0n) is 19.0. The number of fused-ring (bicyclic) bond motifs is 3. The topological polar surface area (TPSA) is 125 Å². The van der Waals surface area contributed by atoms with Crippen molar-refractivity contribution in [1.82, 2.24) is 10.6 Å². The van der Waals surface area contributed by atoms with E-state index < -0.39 is 36.0 Å². The van der Waals surface area contributed by atoms with Gasteiger partial charge in [-0.25, -0.2) is 9.59 Å². The average molecular weight is 467 g/mol. The molecular weight excluding hydrogens is 436 g/mol. The molecule has 2 aromatic carbocycles. The van der Waals surface area contributed by atoms with E-state index in [1.54, 1.807) is 0 Å². The summed E-state index contributed by atoms with van der Waals surface area (Å²) in [6.07, 6.45) is 3.02. The van der Waals surface area contributed by atoms with E-state index in [1.807, 2.05) is 36.4 Å². The van der Waals surface area contributed by atoms with E-state index in [0.717, 1.165) is 41.5 Å². The minimum atomic E-state index is -1.37. The van der Waals surface area contributed by atoms with Gasteiger partial charge in [0, 0.05) is 12.5 Å². The SMILES string of the molecule is O=C(NCC1(C(=O)N[C@H](CO)C(=O)O)CCCCC1)OCC1c2ccccc2-c2ccccc21. The van der Waals surface area contributed by atoms with Crippen LogP contribution in [0.3, 0.4) is 0 Å². The van der Waals surface area contributed by atoms with E-state index in [1.165, 1.54) is 0 Å². The first-order valence-electron chi connectivity index (χ1n) is 11.7. The summed E-state index contributed by atoms with van der Waals surface area (Å²) in [4.78, 5) is 36.8. The molecule has 2 aromatic rings. The summed E-state index contributed by atoms with van der Waals surface area (Å²) in [7, 11) is 0. The number of nitrogens with one attached hydrogen (secondary N) is 2. The average Bonchev–Trinajstić information content (AvgIpc) is 3.18. The summed E-state index contributed by atoms with van der Waals surface area (Å²) in [5.74, 6) is -1.83. The maximum absolute atomic E-state index is 13.0. The van der Waals surface area contributed by atoms with Crippen molar-refractivity contribution >= 4 is 18.0 Å². The summed E-state index contributed by atoms with van der Waals surface area (Å²) in [6, 6.07) is 14.8. The maximum atomic E-state index is 13.0. The molecule has 180 valence electrons. The van der Waals surface area contributed by atoms with Gasteiger partial charge in [0.25, 0.3) is 0 Å². The summed E-state index contributed by atoms with van der Waals surface area (Å²) in [5.41, 5.74) is 3.59. The standard InChI is InChI=1S/C26H30N2O6/c29-14-22(23(30)31)28-24(32)26(12-6-1-7-13-26)16-27-25(33)34-15-21-19-10-4-2-8-17(19)18-9-3-5-11-20(18)21/h2-5,8-11,21-22,29H,1,6-7,12-16H2,(H,27,33)(H,28,32)(H,30,31)/t22-/m1/s1. The van der Waals surface area contributed by atoms with Crippen molar-refractivity contribution in [3.05, 3.63) is 59.7 Å². The van der Waals surface area contributed by atoms with Gasteiger partial charge in [-0.1, -0.05) is 67.8 Å². The number of carbonyl (C=O) groups excluding carboxylic acids is 2. The number of alkyl carbamates (subject to hydrolysis) is 1. The number of ether oxygens (including phenoxy) is 1. The molecule has 0 heterocycles. The molecule has 0 aromatic heterocycles. The number of benzene rings is 2. The number of aliphatic carboxylic acids is 1. The Bertz CT molecular complexity index is 1020. The van der Waals surface area contributed by atoms with Crippen LogP contribution in [-0.2, 0) is 14.3 Å². The summed E-state index contributed by atoms with van der Waals surface area (Å²) < 4.78 is 5.58. The lowest BCUT2D eigenvalue weighted by Gasteiger charge is -2.36. The number of hydrogen-bond acceptors (Lipinski definition) is 5. The fourth-order valence-corrected chi connectivity index (χ4v) is 5.10. The number of aliphatic hydroxyl groups is 1. The van der Waals surface area contributed by atoms with Crippen molar-refractivity contribution in [2.75, 3.05) is 19.8 Å². The molecule has 2 amide bonds. The van der Waals surface area contributed by atoms with Gasteiger partial charge in [-0.2, -0.15) is 0 Å². The molecule has 4 rings (SSSR count). The van der Waals surface area contributed by atoms with Gasteiger partial charge in [0.05, 0.1) is 12.0 Å². The Kier molecular flexibility index (Phi) is 7.17. The molecule has 8 nitrogen and oxygen atoms in total. The third kappa shape index (κ3) is 4.77. The normalized spacial score (nSPS) is 17.2. The first-order valence-corrected chi connectivity index (χ1v) is 11.7. The van der Waals surface area contributed by atoms with E-state index >= 15 is 0 Å². The lowest BCUT2D eigenvalue weighted by atomic mass is 9.73. The molecule has 0 aliphatic heterocycles. The van der Waals surface area contributed by atoms with Gasteiger partial charge in [-0.3, -0.25) is 4.79 Å². The Labute approximate surface area is 198 Å². The molecule has 8 heteroatoms. The van der Waals surface area contributed by atoms with Crippen LogP contribution in [0.15, 0.2) is 48.5 Å². The molecule has 4 N–H and O–H groups in total. The summed E-state index contributed by atoms with van der Waals surface area (Å²) in [5, 5.41) is 23.6. The highest BCUT2D eigenvalue weighted by Crippen LogP contribution is 2.44. The van der Waals surface area contributed by atoms with Crippen LogP contribution in [-0.4, -0.2) is 54.0 Å². The second-order valence-electron chi connectivity index (χ2n) is 9.07. The maximum Gasteiger partial charge on any atom is 0.407 e. The van der Waals surface area contributed by atoms with E-state index in [-0.39, 0.29) is 19.1 Å². The number of aliphatic hydroxyl groups excluding tert-OH is 1. The fourth-order valence-electron chi connectivity index (χ4n) is 5.10. The third-order valence-electron chi connectivity index (χ3n) is 6.99. The Balaban J connectivity index is 1.39. The minimum absolute atomic E-state index is 0.0489. The van der Waals surface area contributed by atoms with E-state index in [9.17, 15) is 24.6 Å². The smallest absolute Gasteiger partial charge is 0.407 e. The van der Waals surface area contributed by atoms with Gasteiger partial charge in [0.15, 0.2) is 0 Å². The monoisotopic (exact) mass is 466 g/mol. The first kappa shape index (κ1) is 23.8. The number of amides is 2. The minimum Gasteiger partial charge on any atom is -0.480 e. The van der Waals surface area contributed by atoms with Crippen molar-refractivity contribution in [3.63, 3.8) is 0 Å². The lowest BCUT2D eigenvalue weighted by molar-refractivity contribution is -0.145. The Hall–Kier alpha value is -3.39. The van der Waals surface area contributed by atoms with Crippen molar-refractivity contribution in [2.45, 2.75) is 44.1 Å². The Morgan fingerprint density at radius 1 is 0.971 bits per heavy atom. The predicted molar refractivity (Wildman–Crippen MR) is 125 cm³/mol. The molecular formula is C26H30N2O6. The molecule has 0 radical (unpaired) electrons.